The molecular weight excluding hydrogens is 364 g/mol. The van der Waals surface area contributed by atoms with Crippen LogP contribution in [0.15, 0.2) is 48.5 Å². The lowest BCUT2D eigenvalue weighted by Crippen LogP contribution is -2.27. The standard InChI is InChI=1S/C28H36N2/c1-5-29(6-2)18-16-21-20-22-12-11-15-25-24-13-9-10-14-26(24)28(27(22)25)23(21)17-19-30(7-3)8-4/h9-15,20H,5-8,16-19H2,1-4H3. The minimum absolute atomic E-state index is 1.12. The molecule has 0 heterocycles. The fourth-order valence-electron chi connectivity index (χ4n) is 5.15. The summed E-state index contributed by atoms with van der Waals surface area (Å²) in [4.78, 5) is 5.10. The molecule has 0 aliphatic heterocycles. The molecule has 2 nitrogen and oxygen atoms in total. The molecule has 0 saturated carbocycles. The lowest BCUT2D eigenvalue weighted by Gasteiger charge is -2.23. The monoisotopic (exact) mass is 400 g/mol. The number of hydrogen-bond acceptors (Lipinski definition) is 2. The highest BCUT2D eigenvalue weighted by Gasteiger charge is 2.25. The first-order valence-corrected chi connectivity index (χ1v) is 11.8. The molecule has 0 atom stereocenters. The van der Waals surface area contributed by atoms with Crippen LogP contribution in [0.4, 0.5) is 0 Å². The van der Waals surface area contributed by atoms with Crippen molar-refractivity contribution in [1.29, 1.82) is 0 Å². The maximum Gasteiger partial charge on any atom is 0.00219 e. The van der Waals surface area contributed by atoms with Gasteiger partial charge in [-0.15, -0.1) is 0 Å². The Bertz CT molecular complexity index is 1010. The van der Waals surface area contributed by atoms with Crippen LogP contribution in [0.1, 0.15) is 38.8 Å². The molecular formula is C28H36N2. The maximum atomic E-state index is 2.55. The summed E-state index contributed by atoms with van der Waals surface area (Å²) >= 11 is 0. The molecule has 3 aromatic rings. The first-order chi connectivity index (χ1) is 14.7. The Hall–Kier alpha value is -2.16. The summed E-state index contributed by atoms with van der Waals surface area (Å²) in [6.07, 6.45) is 2.26. The molecule has 0 N–H and O–H groups in total. The van der Waals surface area contributed by atoms with Crippen LogP contribution in [-0.4, -0.2) is 49.1 Å². The summed E-state index contributed by atoms with van der Waals surface area (Å²) < 4.78 is 0. The number of benzene rings is 3. The molecule has 0 radical (unpaired) electrons. The van der Waals surface area contributed by atoms with E-state index in [-0.39, 0.29) is 0 Å². The Balaban J connectivity index is 1.84. The highest BCUT2D eigenvalue weighted by Crippen LogP contribution is 2.49. The molecule has 1 aliphatic rings. The van der Waals surface area contributed by atoms with Crippen molar-refractivity contribution < 1.29 is 0 Å². The predicted octanol–water partition coefficient (Wildman–Crippen LogP) is 6.26. The molecule has 2 heteroatoms. The second-order valence-electron chi connectivity index (χ2n) is 8.39. The van der Waals surface area contributed by atoms with Gasteiger partial charge in [-0.1, -0.05) is 76.2 Å². The first kappa shape index (κ1) is 21.1. The second-order valence-corrected chi connectivity index (χ2v) is 8.39. The van der Waals surface area contributed by atoms with E-state index in [1.54, 1.807) is 11.1 Å². The topological polar surface area (TPSA) is 6.48 Å². The Morgan fingerprint density at radius 3 is 1.90 bits per heavy atom. The molecule has 0 unspecified atom stereocenters. The van der Waals surface area contributed by atoms with Gasteiger partial charge in [0, 0.05) is 13.1 Å². The summed E-state index contributed by atoms with van der Waals surface area (Å²) in [5, 5.41) is 2.87. The van der Waals surface area contributed by atoms with Crippen LogP contribution >= 0.6 is 0 Å². The number of likely N-dealkylation sites (N-methyl/N-ethyl adjacent to an activating group) is 2. The highest BCUT2D eigenvalue weighted by atomic mass is 15.1. The van der Waals surface area contributed by atoms with Crippen LogP contribution in [-0.2, 0) is 12.8 Å². The van der Waals surface area contributed by atoms with E-state index >= 15 is 0 Å². The summed E-state index contributed by atoms with van der Waals surface area (Å²) in [5.74, 6) is 0. The lowest BCUT2D eigenvalue weighted by atomic mass is 9.89. The van der Waals surface area contributed by atoms with Crippen molar-refractivity contribution in [2.45, 2.75) is 40.5 Å². The van der Waals surface area contributed by atoms with Gasteiger partial charge in [-0.25, -0.2) is 0 Å². The van der Waals surface area contributed by atoms with Crippen molar-refractivity contribution in [3.63, 3.8) is 0 Å². The number of rotatable bonds is 10. The van der Waals surface area contributed by atoms with E-state index in [2.05, 4.69) is 86.0 Å². The zero-order chi connectivity index (χ0) is 21.1. The normalized spacial score (nSPS) is 12.3. The van der Waals surface area contributed by atoms with Gasteiger partial charge in [0.05, 0.1) is 0 Å². The fourth-order valence-corrected chi connectivity index (χ4v) is 5.15. The van der Waals surface area contributed by atoms with E-state index in [4.69, 9.17) is 0 Å². The van der Waals surface area contributed by atoms with E-state index in [9.17, 15) is 0 Å². The third-order valence-electron chi connectivity index (χ3n) is 7.02. The minimum Gasteiger partial charge on any atom is -0.304 e. The quantitative estimate of drug-likeness (QED) is 0.310. The van der Waals surface area contributed by atoms with E-state index < -0.39 is 0 Å². The van der Waals surface area contributed by atoms with Gasteiger partial charge in [-0.2, -0.15) is 0 Å². The van der Waals surface area contributed by atoms with Gasteiger partial charge < -0.3 is 9.80 Å². The van der Waals surface area contributed by atoms with Crippen LogP contribution in [0.2, 0.25) is 0 Å². The highest BCUT2D eigenvalue weighted by molar-refractivity contribution is 6.16. The molecule has 4 rings (SSSR count). The van der Waals surface area contributed by atoms with Crippen LogP contribution in [0.3, 0.4) is 0 Å². The Morgan fingerprint density at radius 1 is 0.633 bits per heavy atom. The molecule has 1 aliphatic carbocycles. The van der Waals surface area contributed by atoms with E-state index in [1.807, 2.05) is 0 Å². The fraction of sp³-hybridized carbons (Fsp3) is 0.429. The molecule has 0 saturated heterocycles. The zero-order valence-corrected chi connectivity index (χ0v) is 19.2. The van der Waals surface area contributed by atoms with Crippen molar-refractivity contribution in [3.8, 4) is 22.3 Å². The molecule has 0 bridgehead atoms. The van der Waals surface area contributed by atoms with Crippen LogP contribution < -0.4 is 0 Å². The van der Waals surface area contributed by atoms with Gasteiger partial charge >= 0.3 is 0 Å². The largest absolute Gasteiger partial charge is 0.304 e. The van der Waals surface area contributed by atoms with Gasteiger partial charge in [0.1, 0.15) is 0 Å². The summed E-state index contributed by atoms with van der Waals surface area (Å²) in [6.45, 7) is 15.9. The van der Waals surface area contributed by atoms with Gasteiger partial charge in [-0.05, 0) is 83.2 Å². The average molecular weight is 401 g/mol. The van der Waals surface area contributed by atoms with Crippen LogP contribution in [0.25, 0.3) is 33.0 Å². The van der Waals surface area contributed by atoms with Gasteiger partial charge in [-0.3, -0.25) is 0 Å². The third kappa shape index (κ3) is 3.79. The van der Waals surface area contributed by atoms with Gasteiger partial charge in [0.25, 0.3) is 0 Å². The van der Waals surface area contributed by atoms with Gasteiger partial charge in [0.2, 0.25) is 0 Å². The molecule has 3 aromatic carbocycles. The van der Waals surface area contributed by atoms with E-state index in [0.29, 0.717) is 0 Å². The number of nitrogens with zero attached hydrogens (tertiary/aromatic N) is 2. The van der Waals surface area contributed by atoms with Crippen molar-refractivity contribution in [2.75, 3.05) is 39.3 Å². The molecule has 0 aromatic heterocycles. The minimum atomic E-state index is 1.12. The molecule has 0 amide bonds. The summed E-state index contributed by atoms with van der Waals surface area (Å²) in [7, 11) is 0. The van der Waals surface area contributed by atoms with Crippen molar-refractivity contribution in [2.24, 2.45) is 0 Å². The third-order valence-corrected chi connectivity index (χ3v) is 7.02. The predicted molar refractivity (Wildman–Crippen MR) is 131 cm³/mol. The maximum absolute atomic E-state index is 2.55. The molecule has 0 fully saturated rings. The molecule has 158 valence electrons. The van der Waals surface area contributed by atoms with Crippen molar-refractivity contribution >= 4 is 10.8 Å². The molecule has 0 spiro atoms. The average Bonchev–Trinajstić information content (AvgIpc) is 3.13. The second kappa shape index (κ2) is 9.32. The van der Waals surface area contributed by atoms with E-state index in [1.165, 1.54) is 33.0 Å². The number of fused-ring (bicyclic) bond motifs is 3. The van der Waals surface area contributed by atoms with Crippen LogP contribution in [0.5, 0.6) is 0 Å². The SMILES string of the molecule is CCN(CC)CCc1cc2cccc3c2c(c1CCN(CC)CC)-c1ccccc1-3. The van der Waals surface area contributed by atoms with Crippen LogP contribution in [0, 0.1) is 0 Å². The van der Waals surface area contributed by atoms with E-state index in [0.717, 1.165) is 52.1 Å². The summed E-state index contributed by atoms with van der Waals surface area (Å²) in [6, 6.07) is 18.4. The Labute approximate surface area is 182 Å². The smallest absolute Gasteiger partial charge is 0.00219 e. The molecule has 30 heavy (non-hydrogen) atoms. The Morgan fingerprint density at radius 2 is 1.23 bits per heavy atom. The summed E-state index contributed by atoms with van der Waals surface area (Å²) in [5.41, 5.74) is 8.90. The van der Waals surface area contributed by atoms with Gasteiger partial charge in [0.15, 0.2) is 0 Å². The number of hydrogen-bond donors (Lipinski definition) is 0. The first-order valence-electron chi connectivity index (χ1n) is 11.8. The zero-order valence-electron chi connectivity index (χ0n) is 19.2. The lowest BCUT2D eigenvalue weighted by molar-refractivity contribution is 0.303. The van der Waals surface area contributed by atoms with Crippen molar-refractivity contribution in [1.82, 2.24) is 9.80 Å². The van der Waals surface area contributed by atoms with Crippen molar-refractivity contribution in [3.05, 3.63) is 59.7 Å². The Kier molecular flexibility index (Phi) is 6.55.